The summed E-state index contributed by atoms with van der Waals surface area (Å²) >= 11 is 0. The van der Waals surface area contributed by atoms with Gasteiger partial charge in [0, 0.05) is 0 Å². The van der Waals surface area contributed by atoms with Gasteiger partial charge >= 0.3 is 38.7 Å². The Labute approximate surface area is 98.5 Å². The second-order valence-electron chi connectivity index (χ2n) is 2.17. The van der Waals surface area contributed by atoms with Crippen molar-refractivity contribution in [2.24, 2.45) is 0 Å². The van der Waals surface area contributed by atoms with Gasteiger partial charge in [-0.1, -0.05) is 0 Å². The molecule has 13 heavy (non-hydrogen) atoms. The average Bonchev–Trinajstić information content (AvgIpc) is 1.99. The van der Waals surface area contributed by atoms with Gasteiger partial charge in [-0.3, -0.25) is 0 Å². The summed E-state index contributed by atoms with van der Waals surface area (Å²) in [7, 11) is 0. The summed E-state index contributed by atoms with van der Waals surface area (Å²) in [6.07, 6.45) is 0. The van der Waals surface area contributed by atoms with E-state index in [2.05, 4.69) is 0 Å². The van der Waals surface area contributed by atoms with Gasteiger partial charge in [0.15, 0.2) is 17.2 Å². The largest absolute Gasteiger partial charge is 3.00 e. The monoisotopic (exact) mass is 259 g/mol. The second-order valence-corrected chi connectivity index (χ2v) is 2.17. The second kappa shape index (κ2) is 4.44. The van der Waals surface area contributed by atoms with Gasteiger partial charge in [-0.05, 0) is 12.1 Å². The van der Waals surface area contributed by atoms with Gasteiger partial charge in [-0.2, -0.15) is 0 Å². The third kappa shape index (κ3) is 2.57. The standard InChI is InChI=1S/C7H6O5.Y/c8-4-1-3(7(11)12)2-5(9)6(4)10;/h1-2,8-10H,(H,11,12);/q;+3. The van der Waals surface area contributed by atoms with Crippen molar-refractivity contribution >= 4 is 5.97 Å². The molecule has 0 radical (unpaired) electrons. The van der Waals surface area contributed by atoms with Gasteiger partial charge in [0.05, 0.1) is 5.56 Å². The predicted molar refractivity (Wildman–Crippen MR) is 38.4 cm³/mol. The fourth-order valence-corrected chi connectivity index (χ4v) is 0.728. The Hall–Kier alpha value is -0.806. The molecule has 0 saturated heterocycles. The molecule has 0 saturated carbocycles. The zero-order chi connectivity index (χ0) is 9.30. The minimum Gasteiger partial charge on any atom is -0.504 e. The first kappa shape index (κ1) is 12.2. The van der Waals surface area contributed by atoms with Crippen LogP contribution in [0.15, 0.2) is 12.1 Å². The number of phenols is 3. The molecule has 4 N–H and O–H groups in total. The zero-order valence-corrected chi connectivity index (χ0v) is 9.27. The van der Waals surface area contributed by atoms with E-state index in [0.717, 1.165) is 12.1 Å². The van der Waals surface area contributed by atoms with E-state index in [-0.39, 0.29) is 38.3 Å². The maximum absolute atomic E-state index is 10.3. The van der Waals surface area contributed by atoms with Crippen molar-refractivity contribution in [3.8, 4) is 17.2 Å². The van der Waals surface area contributed by atoms with Crippen molar-refractivity contribution in [2.45, 2.75) is 0 Å². The molecule has 1 aromatic rings. The van der Waals surface area contributed by atoms with E-state index in [4.69, 9.17) is 20.4 Å². The maximum Gasteiger partial charge on any atom is 3.00 e. The first-order valence-corrected chi connectivity index (χ1v) is 3.00. The smallest absolute Gasteiger partial charge is 0.504 e. The number of phenolic OH excluding ortho intramolecular Hbond substituents is 3. The van der Waals surface area contributed by atoms with Gasteiger partial charge in [0.2, 0.25) is 0 Å². The molecule has 0 amide bonds. The molecule has 1 aromatic carbocycles. The molecule has 0 bridgehead atoms. The van der Waals surface area contributed by atoms with Crippen LogP contribution >= 0.6 is 0 Å². The third-order valence-corrected chi connectivity index (χ3v) is 1.32. The van der Waals surface area contributed by atoms with Crippen LogP contribution in [0.2, 0.25) is 0 Å². The van der Waals surface area contributed by atoms with Gasteiger partial charge in [-0.15, -0.1) is 0 Å². The number of aromatic hydroxyl groups is 3. The van der Waals surface area contributed by atoms with E-state index >= 15 is 0 Å². The summed E-state index contributed by atoms with van der Waals surface area (Å²) in [6.45, 7) is 0. The van der Waals surface area contributed by atoms with E-state index in [1.165, 1.54) is 0 Å². The number of rotatable bonds is 1. The summed E-state index contributed by atoms with van der Waals surface area (Å²) in [6, 6.07) is 1.69. The van der Waals surface area contributed by atoms with Crippen molar-refractivity contribution < 1.29 is 57.9 Å². The molecule has 0 heterocycles. The number of hydrogen-bond acceptors (Lipinski definition) is 4. The fraction of sp³-hybridized carbons (Fsp3) is 0. The molecule has 0 aliphatic rings. The topological polar surface area (TPSA) is 98.0 Å². The molecule has 0 fully saturated rings. The Morgan fingerprint density at radius 2 is 1.46 bits per heavy atom. The predicted octanol–water partition coefficient (Wildman–Crippen LogP) is 0.499. The number of hydrogen-bond donors (Lipinski definition) is 4. The van der Waals surface area contributed by atoms with Crippen LogP contribution in [-0.4, -0.2) is 26.4 Å². The normalized spacial score (nSPS) is 8.92. The van der Waals surface area contributed by atoms with Crippen LogP contribution in [0.5, 0.6) is 17.2 Å². The summed E-state index contributed by atoms with van der Waals surface area (Å²) in [5.41, 5.74) is -0.289. The zero-order valence-electron chi connectivity index (χ0n) is 6.43. The third-order valence-electron chi connectivity index (χ3n) is 1.32. The van der Waals surface area contributed by atoms with Crippen LogP contribution in [0.25, 0.3) is 0 Å². The van der Waals surface area contributed by atoms with Crippen LogP contribution in [0.3, 0.4) is 0 Å². The molecule has 0 spiro atoms. The average molecular weight is 259 g/mol. The minimum absolute atomic E-state index is 0. The van der Waals surface area contributed by atoms with Crippen molar-refractivity contribution in [1.29, 1.82) is 0 Å². The molecule has 1 rings (SSSR count). The number of benzene rings is 1. The van der Waals surface area contributed by atoms with Crippen LogP contribution < -0.4 is 0 Å². The Balaban J connectivity index is 0.00000144. The molecule has 0 unspecified atom stereocenters. The van der Waals surface area contributed by atoms with E-state index in [0.29, 0.717) is 0 Å². The van der Waals surface area contributed by atoms with Gasteiger partial charge in [0.1, 0.15) is 0 Å². The molecule has 5 nitrogen and oxygen atoms in total. The van der Waals surface area contributed by atoms with Crippen LogP contribution in [0, 0.1) is 0 Å². The molecule has 64 valence electrons. The molecular weight excluding hydrogens is 253 g/mol. The summed E-state index contributed by atoms with van der Waals surface area (Å²) < 4.78 is 0. The van der Waals surface area contributed by atoms with Crippen molar-refractivity contribution in [3.05, 3.63) is 17.7 Å². The van der Waals surface area contributed by atoms with Crippen molar-refractivity contribution in [3.63, 3.8) is 0 Å². The summed E-state index contributed by atoms with van der Waals surface area (Å²) in [4.78, 5) is 10.3. The Kier molecular flexibility index (Phi) is 4.16. The van der Waals surface area contributed by atoms with E-state index < -0.39 is 23.2 Å². The molecule has 0 aliphatic heterocycles. The minimum atomic E-state index is -1.29. The van der Waals surface area contributed by atoms with Crippen molar-refractivity contribution in [1.82, 2.24) is 0 Å². The SMILES string of the molecule is O=C(O)c1cc(O)c(O)c(O)c1.[Y+3]. The Morgan fingerprint density at radius 1 is 1.08 bits per heavy atom. The van der Waals surface area contributed by atoms with E-state index in [9.17, 15) is 4.79 Å². The number of carboxylic acid groups (broad SMARTS) is 1. The van der Waals surface area contributed by atoms with Crippen molar-refractivity contribution in [2.75, 3.05) is 0 Å². The first-order chi connectivity index (χ1) is 5.52. The fourth-order valence-electron chi connectivity index (χ4n) is 0.728. The number of carboxylic acids is 1. The van der Waals surface area contributed by atoms with Gasteiger partial charge in [-0.25, -0.2) is 4.79 Å². The Morgan fingerprint density at radius 3 is 1.77 bits per heavy atom. The van der Waals surface area contributed by atoms with Crippen LogP contribution in [-0.2, 0) is 32.7 Å². The summed E-state index contributed by atoms with van der Waals surface area (Å²) in [5, 5.41) is 35.0. The molecule has 0 aliphatic carbocycles. The van der Waals surface area contributed by atoms with Crippen LogP contribution in [0.4, 0.5) is 0 Å². The van der Waals surface area contributed by atoms with Crippen LogP contribution in [0.1, 0.15) is 10.4 Å². The number of aromatic carboxylic acids is 1. The Bertz CT molecular complexity index is 313. The molecular formula is C7H6O5Y+3. The molecule has 6 heteroatoms. The maximum atomic E-state index is 10.3. The number of carbonyl (C=O) groups is 1. The summed E-state index contributed by atoms with van der Waals surface area (Å²) in [5.74, 6) is -3.33. The molecule has 0 atom stereocenters. The first-order valence-electron chi connectivity index (χ1n) is 3.00. The molecule has 0 aromatic heterocycles. The van der Waals surface area contributed by atoms with Gasteiger partial charge in [0.25, 0.3) is 0 Å². The van der Waals surface area contributed by atoms with E-state index in [1.54, 1.807) is 0 Å². The van der Waals surface area contributed by atoms with E-state index in [1.807, 2.05) is 0 Å². The quantitative estimate of drug-likeness (QED) is 0.550. The van der Waals surface area contributed by atoms with Gasteiger partial charge < -0.3 is 20.4 Å².